The summed E-state index contributed by atoms with van der Waals surface area (Å²) in [7, 11) is 0. The molecule has 152 valence electrons. The van der Waals surface area contributed by atoms with Crippen molar-refractivity contribution in [3.63, 3.8) is 0 Å². The first kappa shape index (κ1) is 19.3. The minimum absolute atomic E-state index is 0.0870. The zero-order chi connectivity index (χ0) is 19.5. The van der Waals surface area contributed by atoms with E-state index >= 15 is 0 Å². The Balaban J connectivity index is 1.73. The summed E-state index contributed by atoms with van der Waals surface area (Å²) in [6.07, 6.45) is 8.90. The highest BCUT2D eigenvalue weighted by molar-refractivity contribution is 6.07. The van der Waals surface area contributed by atoms with Gasteiger partial charge in [0, 0.05) is 17.4 Å². The molecule has 4 rings (SSSR count). The second-order valence-corrected chi connectivity index (χ2v) is 8.13. The second-order valence-electron chi connectivity index (χ2n) is 8.13. The Morgan fingerprint density at radius 2 is 1.57 bits per heavy atom. The van der Waals surface area contributed by atoms with Crippen molar-refractivity contribution in [1.82, 2.24) is 5.01 Å². The normalized spacial score (nSPS) is 25.4. The van der Waals surface area contributed by atoms with E-state index in [1.807, 2.05) is 24.9 Å². The van der Waals surface area contributed by atoms with Gasteiger partial charge in [0.05, 0.1) is 25.0 Å². The Morgan fingerprint density at radius 3 is 2.29 bits per heavy atom. The minimum Gasteiger partial charge on any atom is -0.490 e. The Hall–Kier alpha value is -2.04. The molecule has 0 saturated heterocycles. The van der Waals surface area contributed by atoms with E-state index in [2.05, 4.69) is 12.1 Å². The number of fused-ring (bicyclic) bond motifs is 1. The van der Waals surface area contributed by atoms with Gasteiger partial charge in [-0.25, -0.2) is 5.01 Å². The Morgan fingerprint density at radius 1 is 0.929 bits per heavy atom. The van der Waals surface area contributed by atoms with Gasteiger partial charge < -0.3 is 9.47 Å². The summed E-state index contributed by atoms with van der Waals surface area (Å²) in [4.78, 5) is 13.2. The first-order valence-electron chi connectivity index (χ1n) is 11.0. The summed E-state index contributed by atoms with van der Waals surface area (Å²) in [5.74, 6) is 2.11. The molecule has 1 aromatic carbocycles. The first-order chi connectivity index (χ1) is 13.7. The van der Waals surface area contributed by atoms with Crippen molar-refractivity contribution in [1.29, 1.82) is 0 Å². The molecule has 0 N–H and O–H groups in total. The molecule has 1 aliphatic heterocycles. The molecule has 1 amide bonds. The van der Waals surface area contributed by atoms with Gasteiger partial charge >= 0.3 is 0 Å². The number of nitrogens with zero attached hydrogens (tertiary/aromatic N) is 2. The molecule has 5 nitrogen and oxygen atoms in total. The van der Waals surface area contributed by atoms with Crippen LogP contribution < -0.4 is 9.47 Å². The molecule has 5 heteroatoms. The van der Waals surface area contributed by atoms with E-state index in [9.17, 15) is 4.79 Å². The van der Waals surface area contributed by atoms with Crippen LogP contribution >= 0.6 is 0 Å². The standard InChI is InChI=1S/C23H32N2O3/c1-3-27-20-14-13-16(15-21(20)28-4-2)22-18-11-7-8-12-19(18)23(26)25(24-22)17-9-5-6-10-17/h13-15,17-19H,3-12H2,1-2H3/t18-,19+/m1/s1. The van der Waals surface area contributed by atoms with Crippen molar-refractivity contribution < 1.29 is 14.3 Å². The van der Waals surface area contributed by atoms with Crippen molar-refractivity contribution in [2.45, 2.75) is 71.3 Å². The third-order valence-electron chi connectivity index (χ3n) is 6.39. The third-order valence-corrected chi connectivity index (χ3v) is 6.39. The number of carbonyl (C=O) groups is 1. The highest BCUT2D eigenvalue weighted by Crippen LogP contribution is 2.41. The van der Waals surface area contributed by atoms with E-state index in [-0.39, 0.29) is 23.8 Å². The Bertz CT molecular complexity index is 739. The minimum atomic E-state index is 0.0870. The van der Waals surface area contributed by atoms with Crippen molar-refractivity contribution in [3.8, 4) is 11.5 Å². The second kappa shape index (κ2) is 8.54. The number of benzene rings is 1. The van der Waals surface area contributed by atoms with Crippen LogP contribution in [0.5, 0.6) is 11.5 Å². The third kappa shape index (κ3) is 3.63. The van der Waals surface area contributed by atoms with Crippen LogP contribution in [0.4, 0.5) is 0 Å². The van der Waals surface area contributed by atoms with Gasteiger partial charge in [-0.1, -0.05) is 25.7 Å². The molecule has 2 saturated carbocycles. The molecule has 1 aromatic rings. The summed E-state index contributed by atoms with van der Waals surface area (Å²) in [6, 6.07) is 6.41. The van der Waals surface area contributed by atoms with E-state index in [1.165, 1.54) is 19.3 Å². The molecule has 2 fully saturated rings. The lowest BCUT2D eigenvalue weighted by molar-refractivity contribution is -0.141. The van der Waals surface area contributed by atoms with Crippen LogP contribution in [0.3, 0.4) is 0 Å². The topological polar surface area (TPSA) is 51.1 Å². The molecule has 0 aromatic heterocycles. The predicted octanol–water partition coefficient (Wildman–Crippen LogP) is 4.78. The molecule has 2 aliphatic carbocycles. The van der Waals surface area contributed by atoms with Crippen LogP contribution in [-0.2, 0) is 4.79 Å². The van der Waals surface area contributed by atoms with Crippen LogP contribution in [0.2, 0.25) is 0 Å². The SMILES string of the molecule is CCOc1ccc(C2=NN(C3CCCC3)C(=O)[C@H]3CCCC[C@@H]23)cc1OCC. The number of hydrogen-bond donors (Lipinski definition) is 0. The van der Waals surface area contributed by atoms with Gasteiger partial charge in [0.25, 0.3) is 0 Å². The molecule has 0 bridgehead atoms. The van der Waals surface area contributed by atoms with Crippen LogP contribution in [-0.4, -0.2) is 35.9 Å². The molecule has 0 spiro atoms. The molecule has 3 aliphatic rings. The maximum atomic E-state index is 13.2. The van der Waals surface area contributed by atoms with Crippen LogP contribution in [0.15, 0.2) is 23.3 Å². The van der Waals surface area contributed by atoms with E-state index in [1.54, 1.807) is 0 Å². The molecule has 0 radical (unpaired) electrons. The lowest BCUT2D eigenvalue weighted by Gasteiger charge is -2.40. The van der Waals surface area contributed by atoms with Gasteiger partial charge in [-0.3, -0.25) is 4.79 Å². The summed E-state index contributed by atoms with van der Waals surface area (Å²) in [5.41, 5.74) is 2.14. The molecule has 0 unspecified atom stereocenters. The number of rotatable bonds is 6. The number of hydrogen-bond acceptors (Lipinski definition) is 4. The fraction of sp³-hybridized carbons (Fsp3) is 0.652. The quantitative estimate of drug-likeness (QED) is 0.709. The van der Waals surface area contributed by atoms with Gasteiger partial charge in [0.1, 0.15) is 0 Å². The first-order valence-corrected chi connectivity index (χ1v) is 11.0. The van der Waals surface area contributed by atoms with Crippen molar-refractivity contribution in [2.24, 2.45) is 16.9 Å². The number of amides is 1. The Kier molecular flexibility index (Phi) is 5.88. The molecular formula is C23H32N2O3. The highest BCUT2D eigenvalue weighted by atomic mass is 16.5. The maximum Gasteiger partial charge on any atom is 0.246 e. The fourth-order valence-corrected chi connectivity index (χ4v) is 5.06. The largest absolute Gasteiger partial charge is 0.490 e. The van der Waals surface area contributed by atoms with Gasteiger partial charge in [-0.05, 0) is 57.7 Å². The lowest BCUT2D eigenvalue weighted by atomic mass is 9.73. The monoisotopic (exact) mass is 384 g/mol. The lowest BCUT2D eigenvalue weighted by Crippen LogP contribution is -2.49. The van der Waals surface area contributed by atoms with Gasteiger partial charge in [0.2, 0.25) is 5.91 Å². The molecule has 2 atom stereocenters. The van der Waals surface area contributed by atoms with Crippen molar-refractivity contribution >= 4 is 11.6 Å². The average molecular weight is 385 g/mol. The van der Waals surface area contributed by atoms with Crippen molar-refractivity contribution in [2.75, 3.05) is 13.2 Å². The number of ether oxygens (including phenoxy) is 2. The van der Waals surface area contributed by atoms with Crippen LogP contribution in [0.25, 0.3) is 0 Å². The Labute approximate surface area is 168 Å². The van der Waals surface area contributed by atoms with Gasteiger partial charge in [0.15, 0.2) is 11.5 Å². The summed E-state index contributed by atoms with van der Waals surface area (Å²) in [6.45, 7) is 5.16. The summed E-state index contributed by atoms with van der Waals surface area (Å²) >= 11 is 0. The molecule has 1 heterocycles. The highest BCUT2D eigenvalue weighted by Gasteiger charge is 2.43. The van der Waals surface area contributed by atoms with Crippen molar-refractivity contribution in [3.05, 3.63) is 23.8 Å². The van der Waals surface area contributed by atoms with Crippen LogP contribution in [0, 0.1) is 11.8 Å². The van der Waals surface area contributed by atoms with E-state index in [0.717, 1.165) is 54.9 Å². The van der Waals surface area contributed by atoms with Gasteiger partial charge in [-0.2, -0.15) is 5.10 Å². The number of hydrazone groups is 1. The summed E-state index contributed by atoms with van der Waals surface area (Å²) in [5, 5.41) is 6.83. The number of carbonyl (C=O) groups excluding carboxylic acids is 1. The zero-order valence-corrected chi connectivity index (χ0v) is 17.2. The average Bonchev–Trinajstić information content (AvgIpc) is 3.25. The van der Waals surface area contributed by atoms with E-state index in [0.29, 0.717) is 13.2 Å². The van der Waals surface area contributed by atoms with Crippen LogP contribution in [0.1, 0.15) is 70.8 Å². The van der Waals surface area contributed by atoms with E-state index < -0.39 is 0 Å². The van der Waals surface area contributed by atoms with Gasteiger partial charge in [-0.15, -0.1) is 0 Å². The molecular weight excluding hydrogens is 352 g/mol. The summed E-state index contributed by atoms with van der Waals surface area (Å²) < 4.78 is 11.6. The predicted molar refractivity (Wildman–Crippen MR) is 110 cm³/mol. The zero-order valence-electron chi connectivity index (χ0n) is 17.2. The maximum absolute atomic E-state index is 13.2. The van der Waals surface area contributed by atoms with E-state index in [4.69, 9.17) is 14.6 Å². The smallest absolute Gasteiger partial charge is 0.246 e. The fourth-order valence-electron chi connectivity index (χ4n) is 5.06. The molecule has 28 heavy (non-hydrogen) atoms.